The van der Waals surface area contributed by atoms with E-state index in [1.165, 1.54) is 4.88 Å². The lowest BCUT2D eigenvalue weighted by atomic mass is 10.1. The minimum atomic E-state index is 0.361. The van der Waals surface area contributed by atoms with Crippen LogP contribution in [0.1, 0.15) is 17.7 Å². The molecule has 7 heteroatoms. The molecule has 1 fully saturated rings. The number of fused-ring (bicyclic) bond motifs is 1. The number of piperidine rings is 1. The maximum atomic E-state index is 5.48. The molecule has 1 aliphatic heterocycles. The maximum Gasteiger partial charge on any atom is 0.240 e. The highest BCUT2D eigenvalue weighted by atomic mass is 32.1. The number of nitrogens with one attached hydrogen (secondary N) is 1. The Morgan fingerprint density at radius 2 is 2.15 bits per heavy atom. The van der Waals surface area contributed by atoms with Crippen molar-refractivity contribution in [3.05, 3.63) is 10.9 Å². The Morgan fingerprint density at radius 3 is 2.80 bits per heavy atom. The number of ether oxygens (including phenoxy) is 1. The average Bonchev–Trinajstić information content (AvgIpc) is 2.86. The zero-order valence-electron chi connectivity index (χ0n) is 11.7. The number of anilines is 2. The summed E-state index contributed by atoms with van der Waals surface area (Å²) in [6, 6.07) is 2.15. The zero-order chi connectivity index (χ0) is 14.1. The van der Waals surface area contributed by atoms with E-state index in [9.17, 15) is 0 Å². The van der Waals surface area contributed by atoms with Crippen molar-refractivity contribution in [2.75, 3.05) is 30.5 Å². The molecule has 20 heavy (non-hydrogen) atoms. The van der Waals surface area contributed by atoms with E-state index in [-0.39, 0.29) is 0 Å². The Labute approximate surface area is 121 Å². The summed E-state index contributed by atoms with van der Waals surface area (Å²) in [5.74, 6) is 6.93. The SMILES string of the molecule is COC1CCN(c2nc(NN)nc3sc(C)cc23)CC1. The van der Waals surface area contributed by atoms with Crippen LogP contribution >= 0.6 is 11.3 Å². The summed E-state index contributed by atoms with van der Waals surface area (Å²) in [6.45, 7) is 3.98. The number of nitrogen functional groups attached to an aromatic ring is 1. The predicted molar refractivity (Wildman–Crippen MR) is 82.2 cm³/mol. The normalized spacial score (nSPS) is 16.9. The molecular formula is C13H19N5OS. The van der Waals surface area contributed by atoms with Gasteiger partial charge < -0.3 is 9.64 Å². The van der Waals surface area contributed by atoms with E-state index < -0.39 is 0 Å². The first kappa shape index (κ1) is 13.5. The summed E-state index contributed by atoms with van der Waals surface area (Å²) in [7, 11) is 1.78. The molecule has 0 bridgehead atoms. The summed E-state index contributed by atoms with van der Waals surface area (Å²) >= 11 is 1.67. The molecule has 0 amide bonds. The van der Waals surface area contributed by atoms with E-state index in [2.05, 4.69) is 33.3 Å². The molecular weight excluding hydrogens is 274 g/mol. The molecule has 0 atom stereocenters. The fraction of sp³-hybridized carbons (Fsp3) is 0.538. The van der Waals surface area contributed by atoms with E-state index in [4.69, 9.17) is 10.6 Å². The van der Waals surface area contributed by atoms with Gasteiger partial charge in [0.25, 0.3) is 0 Å². The largest absolute Gasteiger partial charge is 0.381 e. The first-order valence-corrected chi connectivity index (χ1v) is 7.55. The van der Waals surface area contributed by atoms with Gasteiger partial charge in [-0.15, -0.1) is 11.3 Å². The molecule has 0 aliphatic carbocycles. The van der Waals surface area contributed by atoms with Gasteiger partial charge in [-0.05, 0) is 25.8 Å². The van der Waals surface area contributed by atoms with Crippen LogP contribution in [0.15, 0.2) is 6.07 Å². The van der Waals surface area contributed by atoms with Crippen molar-refractivity contribution in [2.45, 2.75) is 25.9 Å². The second kappa shape index (κ2) is 5.51. The number of aromatic nitrogens is 2. The number of hydrogen-bond donors (Lipinski definition) is 2. The standard InChI is InChI=1S/C13H19N5OS/c1-8-7-10-11(15-13(17-14)16-12(10)20-8)18-5-3-9(19-2)4-6-18/h7,9H,3-6,14H2,1-2H3,(H,15,16,17). The Balaban J connectivity index is 1.97. The first-order valence-electron chi connectivity index (χ1n) is 6.74. The van der Waals surface area contributed by atoms with Crippen molar-refractivity contribution in [3.8, 4) is 0 Å². The van der Waals surface area contributed by atoms with Gasteiger partial charge in [-0.1, -0.05) is 0 Å². The van der Waals surface area contributed by atoms with Crippen molar-refractivity contribution in [3.63, 3.8) is 0 Å². The molecule has 3 heterocycles. The van der Waals surface area contributed by atoms with Crippen LogP contribution in [0.5, 0.6) is 0 Å². The summed E-state index contributed by atoms with van der Waals surface area (Å²) < 4.78 is 5.42. The Hall–Kier alpha value is -1.44. The van der Waals surface area contributed by atoms with Gasteiger partial charge in [0.05, 0.1) is 11.5 Å². The van der Waals surface area contributed by atoms with Crippen molar-refractivity contribution in [1.82, 2.24) is 9.97 Å². The van der Waals surface area contributed by atoms with Crippen LogP contribution in [0, 0.1) is 6.92 Å². The number of methoxy groups -OCH3 is 1. The first-order chi connectivity index (χ1) is 9.71. The van der Waals surface area contributed by atoms with Crippen molar-refractivity contribution >= 4 is 33.3 Å². The van der Waals surface area contributed by atoms with Crippen LogP contribution in [0.2, 0.25) is 0 Å². The van der Waals surface area contributed by atoms with Crippen molar-refractivity contribution in [1.29, 1.82) is 0 Å². The highest BCUT2D eigenvalue weighted by Crippen LogP contribution is 2.33. The molecule has 0 aromatic carbocycles. The summed E-state index contributed by atoms with van der Waals surface area (Å²) in [5.41, 5.74) is 2.56. The maximum absolute atomic E-state index is 5.48. The Bertz CT molecular complexity index is 606. The predicted octanol–water partition coefficient (Wildman–Crippen LogP) is 1.90. The summed E-state index contributed by atoms with van der Waals surface area (Å²) in [6.07, 6.45) is 2.41. The third-order valence-corrected chi connectivity index (χ3v) is 4.64. The smallest absolute Gasteiger partial charge is 0.240 e. The minimum absolute atomic E-state index is 0.361. The molecule has 1 saturated heterocycles. The molecule has 0 unspecified atom stereocenters. The topological polar surface area (TPSA) is 76.3 Å². The lowest BCUT2D eigenvalue weighted by Gasteiger charge is -2.32. The third-order valence-electron chi connectivity index (χ3n) is 3.70. The lowest BCUT2D eigenvalue weighted by molar-refractivity contribution is 0.0818. The molecule has 6 nitrogen and oxygen atoms in total. The minimum Gasteiger partial charge on any atom is -0.381 e. The van der Waals surface area contributed by atoms with Crippen molar-refractivity contribution in [2.24, 2.45) is 5.84 Å². The zero-order valence-corrected chi connectivity index (χ0v) is 12.5. The number of thiophene rings is 1. The molecule has 1 aliphatic rings. The van der Waals surface area contributed by atoms with Gasteiger partial charge in [-0.2, -0.15) is 4.98 Å². The molecule has 3 rings (SSSR count). The van der Waals surface area contributed by atoms with Gasteiger partial charge in [-0.25, -0.2) is 10.8 Å². The summed E-state index contributed by atoms with van der Waals surface area (Å²) in [5, 5.41) is 1.11. The van der Waals surface area contributed by atoms with Crippen molar-refractivity contribution < 1.29 is 4.74 Å². The fourth-order valence-electron chi connectivity index (χ4n) is 2.64. The van der Waals surface area contributed by atoms with E-state index in [0.717, 1.165) is 42.0 Å². The van der Waals surface area contributed by atoms with Gasteiger partial charge >= 0.3 is 0 Å². The van der Waals surface area contributed by atoms with Crippen LogP contribution in [0.4, 0.5) is 11.8 Å². The molecule has 0 saturated carbocycles. The number of nitrogens with zero attached hydrogens (tertiary/aromatic N) is 3. The number of nitrogens with two attached hydrogens (primary N) is 1. The average molecular weight is 293 g/mol. The number of hydrazine groups is 1. The van der Waals surface area contributed by atoms with E-state index in [0.29, 0.717) is 12.1 Å². The number of rotatable bonds is 3. The van der Waals surface area contributed by atoms with Gasteiger partial charge in [0.2, 0.25) is 5.95 Å². The molecule has 2 aromatic heterocycles. The van der Waals surface area contributed by atoms with Crippen LogP contribution in [0.3, 0.4) is 0 Å². The summed E-state index contributed by atoms with van der Waals surface area (Å²) in [4.78, 5) is 13.5. The molecule has 3 N–H and O–H groups in total. The van der Waals surface area contributed by atoms with Crippen LogP contribution < -0.4 is 16.2 Å². The van der Waals surface area contributed by atoms with Gasteiger partial charge in [0.15, 0.2) is 0 Å². The molecule has 108 valence electrons. The quantitative estimate of drug-likeness (QED) is 0.665. The highest BCUT2D eigenvalue weighted by Gasteiger charge is 2.22. The Kier molecular flexibility index (Phi) is 3.73. The van der Waals surface area contributed by atoms with E-state index >= 15 is 0 Å². The third kappa shape index (κ3) is 2.44. The second-order valence-corrected chi connectivity index (χ2v) is 6.25. The second-order valence-electron chi connectivity index (χ2n) is 5.01. The van der Waals surface area contributed by atoms with Gasteiger partial charge in [0, 0.05) is 25.1 Å². The van der Waals surface area contributed by atoms with Crippen LogP contribution in [0.25, 0.3) is 10.2 Å². The number of aryl methyl sites for hydroxylation is 1. The number of hydrogen-bond acceptors (Lipinski definition) is 7. The van der Waals surface area contributed by atoms with Crippen LogP contribution in [-0.4, -0.2) is 36.3 Å². The molecule has 2 aromatic rings. The van der Waals surface area contributed by atoms with E-state index in [1.807, 2.05) is 0 Å². The fourth-order valence-corrected chi connectivity index (χ4v) is 3.51. The van der Waals surface area contributed by atoms with E-state index in [1.54, 1.807) is 18.4 Å². The monoisotopic (exact) mass is 293 g/mol. The molecule has 0 spiro atoms. The van der Waals surface area contributed by atoms with Gasteiger partial charge in [0.1, 0.15) is 10.6 Å². The lowest BCUT2D eigenvalue weighted by Crippen LogP contribution is -2.37. The highest BCUT2D eigenvalue weighted by molar-refractivity contribution is 7.18. The Morgan fingerprint density at radius 1 is 1.40 bits per heavy atom. The van der Waals surface area contributed by atoms with Gasteiger partial charge in [-0.3, -0.25) is 5.43 Å². The van der Waals surface area contributed by atoms with Crippen LogP contribution in [-0.2, 0) is 4.74 Å². The molecule has 0 radical (unpaired) electrons.